The van der Waals surface area contributed by atoms with E-state index >= 15 is 0 Å². The zero-order chi connectivity index (χ0) is 63.1. The topological polar surface area (TPSA) is 379 Å². The molecule has 7 aromatic carbocycles. The standard InChI is InChI=1S/C41H27N7O4.C18H13NO4.C5H9N5.CH2O3.CH4.2K.H/c1-16(2)14-47-38(49)22-9-5-18-28-20(7-11-24(30(22)28)40(47)51)34-32(18)42-26-13-27-37(46-36(26)44-34)45-35-21-8-12-25-31-23(10-6-19(29(21)31)33(35)43-27)39(50)48(41(25)52)15-17(3)4;1-8(2)7-19-17(22)11-5-3-9-13-10(16(21)15(9)20)4-6-12(14(11)13)18(19)23;6-2-1-3(7)5(9)10-4(2)8;2-1-4-3;;;;/h5-13,16-17H,14-15H2,1-4H3;3-6,8H,7H2,1-2H3;1H,6-7H2,(H4,8,9,10);1,3H;1H4;;;/q;;;;;2*+1;-1/p-1. The molecule has 8 N–H and O–H groups in total. The van der Waals surface area contributed by atoms with Crippen LogP contribution in [-0.4, -0.2) is 87.5 Å². The summed E-state index contributed by atoms with van der Waals surface area (Å²) in [6, 6.07) is 24.2. The second kappa shape index (κ2) is 25.0. The Kier molecular flexibility index (Phi) is 18.1. The molecule has 16 rings (SSSR count). The SMILES string of the molecule is C.CC(C)CN1C(=O)c2ccc3c4c(ccc(c24)C1=O)-c1nc2nc4nc5c(nc4cc2nc1-3)-c1ccc2c3c(ccc-5c13)C(=O)N(CC(C)C)C2=O.CC(C)Cn1c(=O)c2ccc3c(=O)c(=O)c4ccc(c1=O)c2c34.Nc1cc(N)c(N)nc1N.O=CO[O-].[H-].[K+].[K+]. The van der Waals surface area contributed by atoms with Crippen LogP contribution in [0.3, 0.4) is 0 Å². The largest absolute Gasteiger partial charge is 1.00 e. The van der Waals surface area contributed by atoms with Crippen molar-refractivity contribution in [1.29, 1.82) is 0 Å². The molecule has 26 heteroatoms. The molecule has 2 aliphatic carbocycles. The number of benzene rings is 6. The summed E-state index contributed by atoms with van der Waals surface area (Å²) in [4.78, 5) is 146. The Morgan fingerprint density at radius 1 is 0.435 bits per heavy atom. The summed E-state index contributed by atoms with van der Waals surface area (Å²) >= 11 is 0. The maximum atomic E-state index is 13.6. The Balaban J connectivity index is 0.000000206. The monoisotopic (exact) mass is 1280 g/mol. The molecule has 0 saturated carbocycles. The molecule has 92 heavy (non-hydrogen) atoms. The van der Waals surface area contributed by atoms with Gasteiger partial charge in [-0.1, -0.05) is 73.2 Å². The van der Waals surface area contributed by atoms with E-state index in [1.807, 2.05) is 71.9 Å². The summed E-state index contributed by atoms with van der Waals surface area (Å²) < 4.78 is 1.24. The zero-order valence-corrected chi connectivity index (χ0v) is 56.6. The van der Waals surface area contributed by atoms with Gasteiger partial charge in [0, 0.05) is 118 Å². The second-order valence-corrected chi connectivity index (χ2v) is 23.4. The Morgan fingerprint density at radius 3 is 1.07 bits per heavy atom. The van der Waals surface area contributed by atoms with Crippen molar-refractivity contribution in [2.24, 2.45) is 17.8 Å². The molecule has 2 aliphatic heterocycles. The van der Waals surface area contributed by atoms with Gasteiger partial charge in [0.15, 0.2) is 11.3 Å². The first-order valence-electron chi connectivity index (χ1n) is 28.2. The quantitative estimate of drug-likeness (QED) is 0.0329. The van der Waals surface area contributed by atoms with Crippen LogP contribution in [0.4, 0.5) is 23.0 Å². The molecule has 0 fully saturated rings. The molecule has 0 unspecified atom stereocenters. The number of hydrogen-bond donors (Lipinski definition) is 4. The molecule has 0 bridgehead atoms. The van der Waals surface area contributed by atoms with Crippen LogP contribution in [0.25, 0.3) is 121 Å². The molecule has 0 atom stereocenters. The van der Waals surface area contributed by atoms with Crippen LogP contribution in [0.2, 0.25) is 0 Å². The summed E-state index contributed by atoms with van der Waals surface area (Å²) in [5.74, 6) is -0.300. The minimum Gasteiger partial charge on any atom is -1.00 e. The molecule has 0 saturated heterocycles. The third-order valence-electron chi connectivity index (χ3n) is 16.2. The van der Waals surface area contributed by atoms with E-state index in [1.165, 1.54) is 32.6 Å². The van der Waals surface area contributed by atoms with E-state index < -0.39 is 10.9 Å². The molecule has 7 heterocycles. The van der Waals surface area contributed by atoms with Crippen molar-refractivity contribution in [2.45, 2.75) is 55.5 Å². The average Bonchev–Trinajstić information content (AvgIpc) is 1.61. The summed E-state index contributed by atoms with van der Waals surface area (Å²) in [7, 11) is 0. The maximum Gasteiger partial charge on any atom is 1.00 e. The fourth-order valence-electron chi connectivity index (χ4n) is 12.5. The molecule has 452 valence electrons. The van der Waals surface area contributed by atoms with Crippen LogP contribution in [0, 0.1) is 17.8 Å². The number of rotatable bonds is 7. The van der Waals surface area contributed by atoms with E-state index in [-0.39, 0.29) is 193 Å². The first kappa shape index (κ1) is 66.7. The van der Waals surface area contributed by atoms with Crippen molar-refractivity contribution in [3.8, 4) is 45.0 Å². The van der Waals surface area contributed by atoms with Gasteiger partial charge in [-0.2, -0.15) is 0 Å². The minimum atomic E-state index is -0.576. The van der Waals surface area contributed by atoms with E-state index in [9.17, 15) is 38.4 Å². The summed E-state index contributed by atoms with van der Waals surface area (Å²) in [6.45, 7) is 12.7. The molecule has 0 spiro atoms. The molecular formula is C66H55K2N13O11. The average molecular weight is 1280 g/mol. The van der Waals surface area contributed by atoms with Gasteiger partial charge in [0.1, 0.15) is 22.7 Å². The molecule has 4 amide bonds. The third kappa shape index (κ3) is 10.4. The zero-order valence-electron chi connectivity index (χ0n) is 51.3. The van der Waals surface area contributed by atoms with Gasteiger partial charge in [-0.25, -0.2) is 29.9 Å². The van der Waals surface area contributed by atoms with Crippen molar-refractivity contribution in [1.82, 2.24) is 44.3 Å². The van der Waals surface area contributed by atoms with E-state index in [2.05, 4.69) is 9.87 Å². The molecule has 24 nitrogen and oxygen atoms in total. The van der Waals surface area contributed by atoms with Crippen LogP contribution in [0.5, 0.6) is 0 Å². The van der Waals surface area contributed by atoms with Crippen molar-refractivity contribution >= 4 is 129 Å². The Bertz CT molecular complexity index is 4950. The number of aromatic nitrogens is 7. The number of nitrogen functional groups attached to an aromatic ring is 4. The van der Waals surface area contributed by atoms with Crippen molar-refractivity contribution in [3.63, 3.8) is 0 Å². The van der Waals surface area contributed by atoms with Gasteiger partial charge in [0.05, 0.1) is 34.2 Å². The summed E-state index contributed by atoms with van der Waals surface area (Å²) in [5.41, 5.74) is 29.8. The molecule has 4 aliphatic rings. The first-order valence-corrected chi connectivity index (χ1v) is 28.2. The van der Waals surface area contributed by atoms with Crippen molar-refractivity contribution < 1.29 is 138 Å². The number of hydrogen-bond acceptors (Lipinski definition) is 21. The molecule has 5 aromatic heterocycles. The summed E-state index contributed by atoms with van der Waals surface area (Å²) in [6.07, 6.45) is 0. The van der Waals surface area contributed by atoms with Crippen LogP contribution >= 0.6 is 0 Å². The number of nitrogens with two attached hydrogens (primary N) is 4. The number of pyridine rings is 3. The van der Waals surface area contributed by atoms with E-state index in [1.54, 1.807) is 36.4 Å². The second-order valence-electron chi connectivity index (χ2n) is 23.4. The maximum absolute atomic E-state index is 13.6. The fourth-order valence-corrected chi connectivity index (χ4v) is 12.5. The number of fused-ring (bicyclic) bond motifs is 8. The van der Waals surface area contributed by atoms with Crippen LogP contribution in [0.15, 0.2) is 104 Å². The van der Waals surface area contributed by atoms with Gasteiger partial charge in [0.25, 0.3) is 41.2 Å². The molecule has 12 aromatic rings. The smallest absolute Gasteiger partial charge is 1.00 e. The minimum absolute atomic E-state index is 0. The number of carbonyl (C=O) groups is 5. The van der Waals surface area contributed by atoms with Crippen LogP contribution in [0.1, 0.15) is 91.8 Å². The predicted molar refractivity (Wildman–Crippen MR) is 342 cm³/mol. The Hall–Kier alpha value is -8.26. The Morgan fingerprint density at radius 2 is 0.739 bits per heavy atom. The molecule has 0 radical (unpaired) electrons. The number of carbonyl (C=O) groups excluding carboxylic acids is 5. The van der Waals surface area contributed by atoms with Gasteiger partial charge in [-0.3, -0.25) is 57.5 Å². The van der Waals surface area contributed by atoms with Crippen LogP contribution < -0.4 is 153 Å². The van der Waals surface area contributed by atoms with E-state index in [4.69, 9.17) is 57.9 Å². The number of nitrogens with zero attached hydrogens (tertiary/aromatic N) is 9. The number of anilines is 4. The van der Waals surface area contributed by atoms with Crippen molar-refractivity contribution in [3.05, 3.63) is 148 Å². The van der Waals surface area contributed by atoms with Gasteiger partial charge in [-0.05, 0) is 78.4 Å². The fraction of sp³-hybridized carbons (Fsp3) is 0.197. The van der Waals surface area contributed by atoms with E-state index in [0.717, 1.165) is 33.0 Å². The third-order valence-corrected chi connectivity index (χ3v) is 16.2. The van der Waals surface area contributed by atoms with Gasteiger partial charge < -0.3 is 34.5 Å². The Labute approximate surface area is 607 Å². The number of imide groups is 2. The normalized spacial score (nSPS) is 12.9. The van der Waals surface area contributed by atoms with Gasteiger partial charge >= 0.3 is 103 Å². The van der Waals surface area contributed by atoms with Gasteiger partial charge in [0.2, 0.25) is 10.9 Å². The first-order chi connectivity index (χ1) is 42.5. The van der Waals surface area contributed by atoms with Crippen LogP contribution in [-0.2, 0) is 16.2 Å². The summed E-state index contributed by atoms with van der Waals surface area (Å²) in [5, 5.41) is 13.5. The number of amides is 4. The van der Waals surface area contributed by atoms with Gasteiger partial charge in [-0.15, -0.1) is 0 Å². The van der Waals surface area contributed by atoms with E-state index in [0.29, 0.717) is 131 Å². The molecular weight excluding hydrogens is 1230 g/mol. The van der Waals surface area contributed by atoms with Crippen molar-refractivity contribution in [2.75, 3.05) is 36.0 Å². The predicted octanol–water partition coefficient (Wildman–Crippen LogP) is 1.03.